The van der Waals surface area contributed by atoms with Gasteiger partial charge in [0.05, 0.1) is 23.2 Å². The molecular weight excluding hydrogens is 436 g/mol. The minimum atomic E-state index is -2.80. The van der Waals surface area contributed by atoms with E-state index in [1.54, 1.807) is 15.7 Å². The molecule has 0 aromatic carbocycles. The summed E-state index contributed by atoms with van der Waals surface area (Å²) in [6, 6.07) is 8.32. The molecule has 1 atom stereocenters. The predicted molar refractivity (Wildman–Crippen MR) is 107 cm³/mol. The van der Waals surface area contributed by atoms with Crippen molar-refractivity contribution in [3.63, 3.8) is 0 Å². The van der Waals surface area contributed by atoms with Gasteiger partial charge >= 0.3 is 18.3 Å². The number of hydrogen-bond donors (Lipinski definition) is 1. The number of halogens is 2. The standard InChI is InChI=1S/C20H15F2N9O2/c21-20(22)31-8-5-13(27-31)17-25-26-18(33-17)19(32)29-7-4-12-15(24-10-23-12)16(29)14-9-11-3-1-2-6-30(11)28-14/h1-3,5-6,8-10,16,20H,4,7H2,(H,23,24). The Labute approximate surface area is 183 Å². The normalized spacial score (nSPS) is 16.0. The molecule has 1 aliphatic heterocycles. The topological polar surface area (TPSA) is 123 Å². The van der Waals surface area contributed by atoms with Gasteiger partial charge < -0.3 is 14.3 Å². The summed E-state index contributed by atoms with van der Waals surface area (Å²) in [4.78, 5) is 22.5. The lowest BCUT2D eigenvalue weighted by molar-refractivity contribution is 0.0566. The van der Waals surface area contributed by atoms with Gasteiger partial charge in [-0.25, -0.2) is 14.2 Å². The first-order valence-electron chi connectivity index (χ1n) is 10.0. The number of aromatic nitrogens is 8. The van der Waals surface area contributed by atoms with Crippen LogP contribution in [0, 0.1) is 0 Å². The van der Waals surface area contributed by atoms with Crippen molar-refractivity contribution in [3.05, 3.63) is 72.0 Å². The number of rotatable bonds is 4. The van der Waals surface area contributed by atoms with E-state index >= 15 is 0 Å². The molecular formula is C20H15F2N9O2. The van der Waals surface area contributed by atoms with Crippen LogP contribution in [0.1, 0.15) is 40.4 Å². The van der Waals surface area contributed by atoms with E-state index in [2.05, 4.69) is 30.4 Å². The zero-order chi connectivity index (χ0) is 22.5. The van der Waals surface area contributed by atoms with Gasteiger partial charge in [-0.1, -0.05) is 6.07 Å². The van der Waals surface area contributed by atoms with Gasteiger partial charge in [0.15, 0.2) is 0 Å². The van der Waals surface area contributed by atoms with Crippen molar-refractivity contribution in [3.8, 4) is 11.6 Å². The molecule has 0 radical (unpaired) electrons. The Morgan fingerprint density at radius 2 is 2.09 bits per heavy atom. The van der Waals surface area contributed by atoms with Crippen LogP contribution in [-0.2, 0) is 6.42 Å². The summed E-state index contributed by atoms with van der Waals surface area (Å²) in [5, 5.41) is 16.0. The highest BCUT2D eigenvalue weighted by molar-refractivity contribution is 5.90. The molecule has 1 amide bonds. The lowest BCUT2D eigenvalue weighted by Crippen LogP contribution is -2.41. The molecule has 13 heteroatoms. The van der Waals surface area contributed by atoms with Crippen LogP contribution in [0.3, 0.4) is 0 Å². The average Bonchev–Trinajstić information content (AvgIpc) is 3.61. The Hall–Kier alpha value is -4.42. The maximum Gasteiger partial charge on any atom is 0.333 e. The number of pyridine rings is 1. The zero-order valence-corrected chi connectivity index (χ0v) is 16.8. The van der Waals surface area contributed by atoms with Crippen LogP contribution in [0.4, 0.5) is 8.78 Å². The molecule has 0 saturated heterocycles. The summed E-state index contributed by atoms with van der Waals surface area (Å²) < 4.78 is 33.3. The van der Waals surface area contributed by atoms with Crippen molar-refractivity contribution < 1.29 is 18.0 Å². The van der Waals surface area contributed by atoms with Crippen molar-refractivity contribution >= 4 is 11.4 Å². The third-order valence-electron chi connectivity index (χ3n) is 5.49. The smallest absolute Gasteiger partial charge is 0.333 e. The molecule has 0 aliphatic carbocycles. The second-order valence-corrected chi connectivity index (χ2v) is 7.43. The molecule has 5 aromatic heterocycles. The zero-order valence-electron chi connectivity index (χ0n) is 16.8. The number of alkyl halides is 2. The van der Waals surface area contributed by atoms with Gasteiger partial charge in [0.25, 0.3) is 5.89 Å². The number of aromatic amines is 1. The van der Waals surface area contributed by atoms with Gasteiger partial charge in [0.1, 0.15) is 11.7 Å². The van der Waals surface area contributed by atoms with E-state index in [1.807, 2.05) is 30.5 Å². The van der Waals surface area contributed by atoms with Crippen molar-refractivity contribution in [2.24, 2.45) is 0 Å². The first-order chi connectivity index (χ1) is 16.1. The molecule has 0 spiro atoms. The monoisotopic (exact) mass is 451 g/mol. The first kappa shape index (κ1) is 19.3. The maximum absolute atomic E-state index is 13.4. The molecule has 6 rings (SSSR count). The van der Waals surface area contributed by atoms with Crippen LogP contribution >= 0.6 is 0 Å². The maximum atomic E-state index is 13.4. The molecule has 166 valence electrons. The summed E-state index contributed by atoms with van der Waals surface area (Å²) in [6.45, 7) is -2.44. The average molecular weight is 451 g/mol. The molecule has 0 fully saturated rings. The fraction of sp³-hybridized carbons (Fsp3) is 0.200. The number of fused-ring (bicyclic) bond motifs is 2. The highest BCUT2D eigenvalue weighted by Crippen LogP contribution is 2.34. The molecule has 6 heterocycles. The largest absolute Gasteiger partial charge is 0.411 e. The number of carbonyl (C=O) groups is 1. The van der Waals surface area contributed by atoms with E-state index in [9.17, 15) is 13.6 Å². The number of carbonyl (C=O) groups excluding carboxylic acids is 1. The summed E-state index contributed by atoms with van der Waals surface area (Å²) in [5.74, 6) is -0.915. The summed E-state index contributed by atoms with van der Waals surface area (Å²) in [6.07, 6.45) is 5.06. The molecule has 33 heavy (non-hydrogen) atoms. The molecule has 1 aliphatic rings. The number of H-pyrrole nitrogens is 1. The highest BCUT2D eigenvalue weighted by Gasteiger charge is 2.38. The van der Waals surface area contributed by atoms with E-state index < -0.39 is 18.5 Å². The van der Waals surface area contributed by atoms with Crippen LogP contribution in [0.5, 0.6) is 0 Å². The Bertz CT molecular complexity index is 1430. The van der Waals surface area contributed by atoms with Gasteiger partial charge in [0.2, 0.25) is 0 Å². The van der Waals surface area contributed by atoms with Gasteiger partial charge in [0, 0.05) is 31.1 Å². The third-order valence-corrected chi connectivity index (χ3v) is 5.49. The molecule has 1 unspecified atom stereocenters. The second kappa shape index (κ2) is 7.32. The van der Waals surface area contributed by atoms with Crippen LogP contribution in [0.15, 0.2) is 53.5 Å². The van der Waals surface area contributed by atoms with Gasteiger partial charge in [-0.3, -0.25) is 4.79 Å². The number of hydrogen-bond acceptors (Lipinski definition) is 7. The van der Waals surface area contributed by atoms with E-state index in [-0.39, 0.29) is 17.5 Å². The van der Waals surface area contributed by atoms with Crippen LogP contribution in [0.2, 0.25) is 0 Å². The predicted octanol–water partition coefficient (Wildman–Crippen LogP) is 2.49. The van der Waals surface area contributed by atoms with Crippen molar-refractivity contribution in [2.75, 3.05) is 6.54 Å². The van der Waals surface area contributed by atoms with Crippen LogP contribution in [-0.4, -0.2) is 56.9 Å². The molecule has 11 nitrogen and oxygen atoms in total. The van der Waals surface area contributed by atoms with Gasteiger partial charge in [-0.15, -0.1) is 10.2 Å². The Morgan fingerprint density at radius 3 is 2.91 bits per heavy atom. The van der Waals surface area contributed by atoms with Gasteiger partial charge in [-0.05, 0) is 24.3 Å². The minimum Gasteiger partial charge on any atom is -0.411 e. The van der Waals surface area contributed by atoms with Crippen molar-refractivity contribution in [1.82, 2.24) is 44.5 Å². The van der Waals surface area contributed by atoms with Gasteiger partial charge in [-0.2, -0.15) is 19.0 Å². The van der Waals surface area contributed by atoms with Crippen molar-refractivity contribution in [2.45, 2.75) is 19.0 Å². The second-order valence-electron chi connectivity index (χ2n) is 7.43. The summed E-state index contributed by atoms with van der Waals surface area (Å²) in [5.41, 5.74) is 3.17. The lowest BCUT2D eigenvalue weighted by Gasteiger charge is -2.32. The quantitative estimate of drug-likeness (QED) is 0.445. The SMILES string of the molecule is O=C(c1nnc(-c2ccn(C(F)F)n2)o1)N1CCc2[nH]cnc2C1c1cc2ccccn2n1. The van der Waals surface area contributed by atoms with E-state index in [1.165, 1.54) is 6.07 Å². The van der Waals surface area contributed by atoms with Crippen LogP contribution in [0.25, 0.3) is 17.1 Å². The molecule has 0 bridgehead atoms. The summed E-state index contributed by atoms with van der Waals surface area (Å²) in [7, 11) is 0. The lowest BCUT2D eigenvalue weighted by atomic mass is 9.99. The molecule has 1 N–H and O–H groups in total. The Balaban J connectivity index is 1.36. The number of amides is 1. The number of imidazole rings is 1. The van der Waals surface area contributed by atoms with Crippen molar-refractivity contribution in [1.29, 1.82) is 0 Å². The first-order valence-corrected chi connectivity index (χ1v) is 10.0. The Kier molecular flexibility index (Phi) is 4.28. The fourth-order valence-corrected chi connectivity index (χ4v) is 3.98. The molecule has 5 aromatic rings. The Morgan fingerprint density at radius 1 is 1.18 bits per heavy atom. The minimum absolute atomic E-state index is 0.0481. The fourth-order valence-electron chi connectivity index (χ4n) is 3.98. The number of nitrogens with one attached hydrogen (secondary N) is 1. The van der Waals surface area contributed by atoms with Crippen LogP contribution < -0.4 is 0 Å². The van der Waals surface area contributed by atoms with E-state index in [0.717, 1.165) is 17.4 Å². The number of nitrogens with zero attached hydrogens (tertiary/aromatic N) is 8. The van der Waals surface area contributed by atoms with E-state index in [4.69, 9.17) is 4.42 Å². The third kappa shape index (κ3) is 3.16. The summed E-state index contributed by atoms with van der Waals surface area (Å²) >= 11 is 0. The van der Waals surface area contributed by atoms with E-state index in [0.29, 0.717) is 29.0 Å². The molecule has 0 saturated carbocycles. The highest BCUT2D eigenvalue weighted by atomic mass is 19.3.